The number of rotatable bonds is 4. The van der Waals surface area contributed by atoms with Crippen LogP contribution in [0.2, 0.25) is 0 Å². The van der Waals surface area contributed by atoms with Crippen LogP contribution in [-0.2, 0) is 14.3 Å². The standard InChI is InChI=1S/C12H21NO5/c1-11(2,3)18-10(16)12(17)9(15)5-7-13(12)6-4-8-14/h14,17H,4-8H2,1-3H3. The van der Waals surface area contributed by atoms with Crippen LogP contribution in [0.5, 0.6) is 0 Å². The van der Waals surface area contributed by atoms with E-state index in [0.717, 1.165) is 0 Å². The minimum absolute atomic E-state index is 0.0604. The van der Waals surface area contributed by atoms with Crippen LogP contribution in [0.4, 0.5) is 0 Å². The van der Waals surface area contributed by atoms with Crippen molar-refractivity contribution in [2.45, 2.75) is 44.9 Å². The molecule has 1 fully saturated rings. The van der Waals surface area contributed by atoms with E-state index in [-0.39, 0.29) is 19.6 Å². The summed E-state index contributed by atoms with van der Waals surface area (Å²) >= 11 is 0. The second kappa shape index (κ2) is 5.34. The predicted molar refractivity (Wildman–Crippen MR) is 63.7 cm³/mol. The second-order valence-corrected chi connectivity index (χ2v) is 5.41. The molecule has 1 unspecified atom stereocenters. The molecule has 0 aromatic rings. The topological polar surface area (TPSA) is 87.1 Å². The zero-order valence-corrected chi connectivity index (χ0v) is 11.1. The molecule has 6 heteroatoms. The number of hydrogen-bond acceptors (Lipinski definition) is 6. The number of ketones is 1. The third-order valence-corrected chi connectivity index (χ3v) is 2.72. The summed E-state index contributed by atoms with van der Waals surface area (Å²) in [5.74, 6) is -1.48. The molecule has 0 aromatic heterocycles. The summed E-state index contributed by atoms with van der Waals surface area (Å²) in [6.07, 6.45) is 0.500. The maximum absolute atomic E-state index is 12.0. The first-order valence-electron chi connectivity index (χ1n) is 6.07. The summed E-state index contributed by atoms with van der Waals surface area (Å²) in [4.78, 5) is 25.1. The Bertz CT molecular complexity index is 336. The largest absolute Gasteiger partial charge is 0.456 e. The summed E-state index contributed by atoms with van der Waals surface area (Å²) < 4.78 is 5.09. The molecule has 6 nitrogen and oxygen atoms in total. The molecule has 18 heavy (non-hydrogen) atoms. The number of nitrogens with zero attached hydrogens (tertiary/aromatic N) is 1. The Morgan fingerprint density at radius 2 is 2.11 bits per heavy atom. The van der Waals surface area contributed by atoms with Gasteiger partial charge in [-0.2, -0.15) is 0 Å². The maximum atomic E-state index is 12.0. The Hall–Kier alpha value is -0.980. The highest BCUT2D eigenvalue weighted by atomic mass is 16.6. The fraction of sp³-hybridized carbons (Fsp3) is 0.833. The Morgan fingerprint density at radius 3 is 2.61 bits per heavy atom. The van der Waals surface area contributed by atoms with Gasteiger partial charge in [-0.05, 0) is 27.2 Å². The van der Waals surface area contributed by atoms with Gasteiger partial charge in [-0.25, -0.2) is 4.79 Å². The molecule has 1 atom stereocenters. The van der Waals surface area contributed by atoms with Crippen molar-refractivity contribution >= 4 is 11.8 Å². The summed E-state index contributed by atoms with van der Waals surface area (Å²) in [7, 11) is 0. The molecular formula is C12H21NO5. The summed E-state index contributed by atoms with van der Waals surface area (Å²) in [6.45, 7) is 5.53. The van der Waals surface area contributed by atoms with E-state index in [2.05, 4.69) is 0 Å². The molecule has 0 saturated carbocycles. The third kappa shape index (κ3) is 3.07. The van der Waals surface area contributed by atoms with Crippen LogP contribution >= 0.6 is 0 Å². The number of aliphatic hydroxyl groups is 2. The van der Waals surface area contributed by atoms with Crippen molar-refractivity contribution in [3.8, 4) is 0 Å². The van der Waals surface area contributed by atoms with E-state index in [9.17, 15) is 14.7 Å². The first-order valence-corrected chi connectivity index (χ1v) is 6.07. The lowest BCUT2D eigenvalue weighted by Crippen LogP contribution is -2.57. The quantitative estimate of drug-likeness (QED) is 0.531. The van der Waals surface area contributed by atoms with Crippen molar-refractivity contribution in [2.24, 2.45) is 0 Å². The van der Waals surface area contributed by atoms with Crippen molar-refractivity contribution in [2.75, 3.05) is 19.7 Å². The fourth-order valence-electron chi connectivity index (χ4n) is 1.88. The minimum Gasteiger partial charge on any atom is -0.456 e. The van der Waals surface area contributed by atoms with Gasteiger partial charge < -0.3 is 14.9 Å². The van der Waals surface area contributed by atoms with Crippen LogP contribution in [0.25, 0.3) is 0 Å². The number of hydrogen-bond donors (Lipinski definition) is 2. The van der Waals surface area contributed by atoms with Crippen molar-refractivity contribution in [1.82, 2.24) is 4.90 Å². The number of likely N-dealkylation sites (tertiary alicyclic amines) is 1. The van der Waals surface area contributed by atoms with E-state index in [1.54, 1.807) is 20.8 Å². The average molecular weight is 259 g/mol. The van der Waals surface area contributed by atoms with E-state index in [1.165, 1.54) is 4.90 Å². The lowest BCUT2D eigenvalue weighted by molar-refractivity contribution is -0.194. The number of carbonyl (C=O) groups is 2. The van der Waals surface area contributed by atoms with E-state index in [0.29, 0.717) is 13.0 Å². The molecule has 1 saturated heterocycles. The van der Waals surface area contributed by atoms with Gasteiger partial charge in [0, 0.05) is 26.1 Å². The van der Waals surface area contributed by atoms with Crippen LogP contribution in [0.15, 0.2) is 0 Å². The van der Waals surface area contributed by atoms with E-state index >= 15 is 0 Å². The van der Waals surface area contributed by atoms with Crippen LogP contribution < -0.4 is 0 Å². The molecule has 0 radical (unpaired) electrons. The zero-order chi connectivity index (χ0) is 14.0. The van der Waals surface area contributed by atoms with Gasteiger partial charge in [0.25, 0.3) is 5.72 Å². The van der Waals surface area contributed by atoms with Gasteiger partial charge in [-0.15, -0.1) is 0 Å². The summed E-state index contributed by atoms with van der Waals surface area (Å²) in [5.41, 5.74) is -2.96. The molecule has 1 aliphatic rings. The van der Waals surface area contributed by atoms with Crippen molar-refractivity contribution < 1.29 is 24.5 Å². The van der Waals surface area contributed by atoms with Crippen LogP contribution in [0.1, 0.15) is 33.6 Å². The van der Waals surface area contributed by atoms with Gasteiger partial charge in [-0.1, -0.05) is 0 Å². The Kier molecular flexibility index (Phi) is 4.47. The molecule has 104 valence electrons. The molecule has 1 heterocycles. The smallest absolute Gasteiger partial charge is 0.362 e. The van der Waals surface area contributed by atoms with Crippen molar-refractivity contribution in [3.63, 3.8) is 0 Å². The van der Waals surface area contributed by atoms with Gasteiger partial charge >= 0.3 is 5.97 Å². The van der Waals surface area contributed by atoms with Crippen molar-refractivity contribution in [3.05, 3.63) is 0 Å². The highest BCUT2D eigenvalue weighted by Gasteiger charge is 2.55. The third-order valence-electron chi connectivity index (χ3n) is 2.72. The van der Waals surface area contributed by atoms with Crippen LogP contribution in [-0.4, -0.2) is 57.9 Å². The highest BCUT2D eigenvalue weighted by molar-refractivity contribution is 6.08. The van der Waals surface area contributed by atoms with Gasteiger partial charge in [-0.3, -0.25) is 9.69 Å². The lowest BCUT2D eigenvalue weighted by Gasteiger charge is -2.32. The molecule has 0 aliphatic carbocycles. The summed E-state index contributed by atoms with van der Waals surface area (Å²) in [6, 6.07) is 0. The number of ether oxygens (including phenoxy) is 1. The summed E-state index contributed by atoms with van der Waals surface area (Å²) in [5, 5.41) is 19.1. The number of esters is 1. The molecule has 1 aliphatic heterocycles. The van der Waals surface area contributed by atoms with E-state index in [4.69, 9.17) is 9.84 Å². The zero-order valence-electron chi connectivity index (χ0n) is 11.1. The van der Waals surface area contributed by atoms with Crippen LogP contribution in [0.3, 0.4) is 0 Å². The van der Waals surface area contributed by atoms with Gasteiger partial charge in [0.1, 0.15) is 5.60 Å². The first kappa shape index (κ1) is 15.1. The lowest BCUT2D eigenvalue weighted by atomic mass is 10.1. The average Bonchev–Trinajstić information content (AvgIpc) is 2.52. The Balaban J connectivity index is 2.84. The van der Waals surface area contributed by atoms with Crippen LogP contribution in [0, 0.1) is 0 Å². The molecule has 1 rings (SSSR count). The molecular weight excluding hydrogens is 238 g/mol. The monoisotopic (exact) mass is 259 g/mol. The molecule has 0 amide bonds. The first-order chi connectivity index (χ1) is 8.21. The normalized spacial score (nSPS) is 25.5. The number of carbonyl (C=O) groups excluding carboxylic acids is 2. The molecule has 0 spiro atoms. The van der Waals surface area contributed by atoms with E-state index in [1.807, 2.05) is 0 Å². The van der Waals surface area contributed by atoms with Crippen molar-refractivity contribution in [1.29, 1.82) is 0 Å². The number of aliphatic hydroxyl groups excluding tert-OH is 1. The van der Waals surface area contributed by atoms with Gasteiger partial charge in [0.15, 0.2) is 5.78 Å². The molecule has 0 bridgehead atoms. The maximum Gasteiger partial charge on any atom is 0.362 e. The Morgan fingerprint density at radius 1 is 1.50 bits per heavy atom. The predicted octanol–water partition coefficient (Wildman–Crippen LogP) is -0.326. The molecule has 0 aromatic carbocycles. The van der Waals surface area contributed by atoms with Gasteiger partial charge in [0.05, 0.1) is 0 Å². The molecule has 2 N–H and O–H groups in total. The Labute approximate surface area is 107 Å². The fourth-order valence-corrected chi connectivity index (χ4v) is 1.88. The minimum atomic E-state index is -2.19. The SMILES string of the molecule is CC(C)(C)OC(=O)C1(O)C(=O)CCN1CCCO. The highest BCUT2D eigenvalue weighted by Crippen LogP contribution is 2.27. The van der Waals surface area contributed by atoms with E-state index < -0.39 is 23.1 Å². The van der Waals surface area contributed by atoms with Gasteiger partial charge in [0.2, 0.25) is 0 Å². The number of Topliss-reactive ketones (excluding diaryl/α,β-unsaturated/α-hetero) is 1. The second-order valence-electron chi connectivity index (χ2n) is 5.41.